The Morgan fingerprint density at radius 1 is 1.37 bits per heavy atom. The van der Waals surface area contributed by atoms with Gasteiger partial charge in [-0.25, -0.2) is 9.67 Å². The number of rotatable bonds is 5. The van der Waals surface area contributed by atoms with Crippen LogP contribution in [-0.2, 0) is 18.4 Å². The van der Waals surface area contributed by atoms with Gasteiger partial charge in [-0.3, -0.25) is 0 Å². The number of aromatic nitrogens is 4. The Kier molecular flexibility index (Phi) is 4.31. The first-order chi connectivity index (χ1) is 8.99. The van der Waals surface area contributed by atoms with Crippen LogP contribution in [0.5, 0.6) is 0 Å². The molecule has 104 valence electrons. The van der Waals surface area contributed by atoms with Crippen LogP contribution >= 0.6 is 11.3 Å². The average molecular weight is 279 g/mol. The van der Waals surface area contributed by atoms with Crippen LogP contribution in [0.4, 0.5) is 0 Å². The van der Waals surface area contributed by atoms with Crippen LogP contribution in [0.15, 0.2) is 11.6 Å². The third-order valence-corrected chi connectivity index (χ3v) is 3.67. The predicted octanol–water partition coefficient (Wildman–Crippen LogP) is 1.97. The molecule has 0 amide bonds. The monoisotopic (exact) mass is 279 g/mol. The summed E-state index contributed by atoms with van der Waals surface area (Å²) < 4.78 is 1.84. The molecule has 0 radical (unpaired) electrons. The Balaban J connectivity index is 2.01. The van der Waals surface area contributed by atoms with E-state index in [1.807, 2.05) is 10.9 Å². The molecule has 0 aliphatic rings. The molecule has 2 aromatic rings. The van der Waals surface area contributed by atoms with E-state index >= 15 is 0 Å². The van der Waals surface area contributed by atoms with Crippen molar-refractivity contribution in [1.29, 1.82) is 0 Å². The minimum atomic E-state index is 0.101. The van der Waals surface area contributed by atoms with Crippen LogP contribution in [-0.4, -0.2) is 26.5 Å². The van der Waals surface area contributed by atoms with Gasteiger partial charge in [-0.15, -0.1) is 16.4 Å². The number of nitrogens with zero attached hydrogens (tertiary/aromatic N) is 4. The Morgan fingerprint density at radius 3 is 2.79 bits per heavy atom. The van der Waals surface area contributed by atoms with Gasteiger partial charge in [-0.1, -0.05) is 26.0 Å². The van der Waals surface area contributed by atoms with Gasteiger partial charge in [0.25, 0.3) is 0 Å². The predicted molar refractivity (Wildman–Crippen MR) is 77.3 cm³/mol. The highest BCUT2D eigenvalue weighted by Crippen LogP contribution is 2.24. The molecule has 2 rings (SSSR count). The molecule has 2 aromatic heterocycles. The van der Waals surface area contributed by atoms with Crippen molar-refractivity contribution < 1.29 is 0 Å². The van der Waals surface area contributed by atoms with E-state index in [-0.39, 0.29) is 5.41 Å². The van der Waals surface area contributed by atoms with Crippen LogP contribution in [0.1, 0.15) is 43.6 Å². The van der Waals surface area contributed by atoms with Gasteiger partial charge in [0, 0.05) is 17.0 Å². The molecule has 2 N–H and O–H groups in total. The minimum absolute atomic E-state index is 0.101. The third-order valence-electron chi connectivity index (χ3n) is 2.84. The van der Waals surface area contributed by atoms with Crippen molar-refractivity contribution in [2.75, 3.05) is 6.54 Å². The lowest BCUT2D eigenvalue weighted by Crippen LogP contribution is -2.12. The van der Waals surface area contributed by atoms with Gasteiger partial charge in [0.1, 0.15) is 5.01 Å². The quantitative estimate of drug-likeness (QED) is 0.908. The summed E-state index contributed by atoms with van der Waals surface area (Å²) in [5, 5.41) is 11.5. The standard InChI is InChI=1S/C13H21N5S/c1-13(2,3)11-9-19-12(15-11)8-18-7-10(16-17-18)5-4-6-14/h7,9H,4-6,8,14H2,1-3H3. The number of hydrogen-bond donors (Lipinski definition) is 1. The van der Waals surface area contributed by atoms with Crippen molar-refractivity contribution in [2.45, 2.75) is 45.6 Å². The number of thiazole rings is 1. The molecular weight excluding hydrogens is 258 g/mol. The molecule has 0 saturated heterocycles. The van der Waals surface area contributed by atoms with Crippen LogP contribution in [0.25, 0.3) is 0 Å². The molecular formula is C13H21N5S. The number of nitrogens with two attached hydrogens (primary N) is 1. The Hall–Kier alpha value is -1.27. The first-order valence-electron chi connectivity index (χ1n) is 6.53. The molecule has 5 nitrogen and oxygen atoms in total. The van der Waals surface area contributed by atoms with Gasteiger partial charge in [0.05, 0.1) is 17.9 Å². The molecule has 2 heterocycles. The molecule has 0 unspecified atom stereocenters. The second-order valence-electron chi connectivity index (χ2n) is 5.68. The van der Waals surface area contributed by atoms with Crippen LogP contribution in [0.2, 0.25) is 0 Å². The Labute approximate surface area is 117 Å². The molecule has 0 spiro atoms. The lowest BCUT2D eigenvalue weighted by molar-refractivity contribution is 0.566. The highest BCUT2D eigenvalue weighted by Gasteiger charge is 2.17. The molecule has 0 saturated carbocycles. The van der Waals surface area contributed by atoms with Crippen LogP contribution in [0.3, 0.4) is 0 Å². The molecule has 0 aliphatic carbocycles. The summed E-state index contributed by atoms with van der Waals surface area (Å²) in [5.74, 6) is 0. The molecule has 6 heteroatoms. The van der Waals surface area contributed by atoms with Gasteiger partial charge in [-0.05, 0) is 19.4 Å². The van der Waals surface area contributed by atoms with Crippen LogP contribution < -0.4 is 5.73 Å². The summed E-state index contributed by atoms with van der Waals surface area (Å²) in [6.45, 7) is 7.90. The zero-order chi connectivity index (χ0) is 13.9. The maximum absolute atomic E-state index is 5.49. The van der Waals surface area contributed by atoms with E-state index in [1.54, 1.807) is 11.3 Å². The van der Waals surface area contributed by atoms with Crippen LogP contribution in [0, 0.1) is 0 Å². The van der Waals surface area contributed by atoms with Gasteiger partial charge in [-0.2, -0.15) is 0 Å². The van der Waals surface area contributed by atoms with Crippen molar-refractivity contribution in [1.82, 2.24) is 20.0 Å². The summed E-state index contributed by atoms with van der Waals surface area (Å²) in [4.78, 5) is 4.66. The molecule has 0 aliphatic heterocycles. The number of aryl methyl sites for hydroxylation is 1. The van der Waals surface area contributed by atoms with E-state index in [2.05, 4.69) is 41.4 Å². The second kappa shape index (κ2) is 5.79. The second-order valence-corrected chi connectivity index (χ2v) is 6.62. The molecule has 0 atom stereocenters. The largest absolute Gasteiger partial charge is 0.330 e. The van der Waals surface area contributed by atoms with Crippen molar-refractivity contribution >= 4 is 11.3 Å². The van der Waals surface area contributed by atoms with E-state index in [0.29, 0.717) is 13.1 Å². The summed E-state index contributed by atoms with van der Waals surface area (Å²) in [6.07, 6.45) is 3.82. The van der Waals surface area contributed by atoms with Crippen molar-refractivity contribution in [3.8, 4) is 0 Å². The lowest BCUT2D eigenvalue weighted by Gasteiger charge is -2.14. The van der Waals surface area contributed by atoms with Gasteiger partial charge in [0.15, 0.2) is 0 Å². The SMILES string of the molecule is CC(C)(C)c1csc(Cn2cc(CCCN)nn2)n1. The average Bonchev–Trinajstić information content (AvgIpc) is 2.95. The van der Waals surface area contributed by atoms with Crippen molar-refractivity contribution in [3.05, 3.63) is 28.0 Å². The fraction of sp³-hybridized carbons (Fsp3) is 0.615. The van der Waals surface area contributed by atoms with Gasteiger partial charge in [0.2, 0.25) is 0 Å². The van der Waals surface area contributed by atoms with E-state index < -0.39 is 0 Å². The fourth-order valence-electron chi connectivity index (χ4n) is 1.68. The maximum Gasteiger partial charge on any atom is 0.114 e. The molecule has 0 aromatic carbocycles. The fourth-order valence-corrected chi connectivity index (χ4v) is 2.69. The van der Waals surface area contributed by atoms with Crippen molar-refractivity contribution in [3.63, 3.8) is 0 Å². The summed E-state index contributed by atoms with van der Waals surface area (Å²) >= 11 is 1.68. The lowest BCUT2D eigenvalue weighted by atomic mass is 9.93. The third kappa shape index (κ3) is 3.84. The Morgan fingerprint density at radius 2 is 2.16 bits per heavy atom. The van der Waals surface area contributed by atoms with E-state index in [0.717, 1.165) is 29.2 Å². The summed E-state index contributed by atoms with van der Waals surface area (Å²) in [6, 6.07) is 0. The summed E-state index contributed by atoms with van der Waals surface area (Å²) in [5.41, 5.74) is 7.72. The smallest absolute Gasteiger partial charge is 0.114 e. The van der Waals surface area contributed by atoms with Gasteiger partial charge >= 0.3 is 0 Å². The minimum Gasteiger partial charge on any atom is -0.330 e. The highest BCUT2D eigenvalue weighted by atomic mass is 32.1. The molecule has 0 fully saturated rings. The van der Waals surface area contributed by atoms with E-state index in [1.165, 1.54) is 0 Å². The molecule has 0 bridgehead atoms. The molecule has 19 heavy (non-hydrogen) atoms. The first-order valence-corrected chi connectivity index (χ1v) is 7.41. The Bertz CT molecular complexity index is 523. The summed E-state index contributed by atoms with van der Waals surface area (Å²) in [7, 11) is 0. The highest BCUT2D eigenvalue weighted by molar-refractivity contribution is 7.09. The van der Waals surface area contributed by atoms with E-state index in [9.17, 15) is 0 Å². The zero-order valence-corrected chi connectivity index (χ0v) is 12.6. The van der Waals surface area contributed by atoms with E-state index in [4.69, 9.17) is 5.73 Å². The first kappa shape index (κ1) is 14.1. The normalized spacial score (nSPS) is 12.0. The van der Waals surface area contributed by atoms with Gasteiger partial charge < -0.3 is 5.73 Å². The number of hydrogen-bond acceptors (Lipinski definition) is 5. The zero-order valence-electron chi connectivity index (χ0n) is 11.8. The van der Waals surface area contributed by atoms with Crippen molar-refractivity contribution in [2.24, 2.45) is 5.73 Å². The topological polar surface area (TPSA) is 69.6 Å². The maximum atomic E-state index is 5.49.